The van der Waals surface area contributed by atoms with Gasteiger partial charge in [0.1, 0.15) is 0 Å². The Morgan fingerprint density at radius 1 is 1.50 bits per heavy atom. The van der Waals surface area contributed by atoms with E-state index >= 15 is 0 Å². The van der Waals surface area contributed by atoms with Crippen LogP contribution in [0.2, 0.25) is 0 Å². The minimum atomic E-state index is -0.154. The summed E-state index contributed by atoms with van der Waals surface area (Å²) in [4.78, 5) is 15.6. The van der Waals surface area contributed by atoms with E-state index in [1.807, 2.05) is 12.1 Å². The summed E-state index contributed by atoms with van der Waals surface area (Å²) in [5.41, 5.74) is 0.726. The fraction of sp³-hybridized carbons (Fsp3) is 0.200. The summed E-state index contributed by atoms with van der Waals surface area (Å²) in [7, 11) is 1.74. The molecule has 82 valence electrons. The van der Waals surface area contributed by atoms with E-state index < -0.39 is 0 Å². The van der Waals surface area contributed by atoms with Crippen molar-refractivity contribution in [3.63, 3.8) is 0 Å². The maximum absolute atomic E-state index is 11.6. The summed E-state index contributed by atoms with van der Waals surface area (Å²) in [6.07, 6.45) is 3.53. The van der Waals surface area contributed by atoms with Crippen LogP contribution in [0.1, 0.15) is 5.69 Å². The lowest BCUT2D eigenvalue weighted by molar-refractivity contribution is -0.115. The molecule has 0 bridgehead atoms. The van der Waals surface area contributed by atoms with Crippen LogP contribution in [0.3, 0.4) is 0 Å². The van der Waals surface area contributed by atoms with Gasteiger partial charge in [-0.25, -0.2) is 0 Å². The summed E-state index contributed by atoms with van der Waals surface area (Å²) < 4.78 is 1.52. The van der Waals surface area contributed by atoms with Crippen molar-refractivity contribution in [2.24, 2.45) is 7.05 Å². The first kappa shape index (κ1) is 10.3. The highest BCUT2D eigenvalue weighted by molar-refractivity contribution is 5.90. The predicted molar refractivity (Wildman–Crippen MR) is 57.6 cm³/mol. The Balaban J connectivity index is 1.95. The molecule has 1 amide bonds. The highest BCUT2D eigenvalue weighted by Gasteiger charge is 2.06. The summed E-state index contributed by atoms with van der Waals surface area (Å²) in [5, 5.41) is 10.1. The molecule has 0 saturated carbocycles. The molecule has 0 aliphatic rings. The van der Waals surface area contributed by atoms with Gasteiger partial charge in [-0.05, 0) is 12.1 Å². The number of carbonyl (C=O) groups is 1. The van der Waals surface area contributed by atoms with Gasteiger partial charge in [0.05, 0.1) is 12.6 Å². The van der Waals surface area contributed by atoms with Crippen molar-refractivity contribution >= 4 is 11.7 Å². The average molecular weight is 217 g/mol. The van der Waals surface area contributed by atoms with Crippen LogP contribution in [-0.2, 0) is 18.3 Å². The summed E-state index contributed by atoms with van der Waals surface area (Å²) in [5.74, 6) is 0.294. The number of rotatable bonds is 3. The second kappa shape index (κ2) is 4.52. The van der Waals surface area contributed by atoms with Crippen molar-refractivity contribution in [1.82, 2.24) is 20.0 Å². The number of carbonyl (C=O) groups excluding carboxylic acids is 1. The molecule has 2 aromatic heterocycles. The summed E-state index contributed by atoms with van der Waals surface area (Å²) in [6, 6.07) is 5.46. The molecule has 0 atom stereocenters. The van der Waals surface area contributed by atoms with Crippen molar-refractivity contribution < 1.29 is 4.79 Å². The van der Waals surface area contributed by atoms with Gasteiger partial charge < -0.3 is 5.32 Å². The van der Waals surface area contributed by atoms with E-state index in [0.717, 1.165) is 5.69 Å². The lowest BCUT2D eigenvalue weighted by atomic mass is 10.2. The number of aromatic nitrogens is 4. The third kappa shape index (κ3) is 2.63. The molecule has 2 rings (SSSR count). The quantitative estimate of drug-likeness (QED) is 0.807. The van der Waals surface area contributed by atoms with Crippen LogP contribution in [0.25, 0.3) is 0 Å². The van der Waals surface area contributed by atoms with Crippen LogP contribution < -0.4 is 5.32 Å². The van der Waals surface area contributed by atoms with Crippen molar-refractivity contribution in [2.75, 3.05) is 5.32 Å². The van der Waals surface area contributed by atoms with Gasteiger partial charge in [0.15, 0.2) is 5.82 Å². The molecule has 6 nitrogen and oxygen atoms in total. The fourth-order valence-electron chi connectivity index (χ4n) is 1.26. The van der Waals surface area contributed by atoms with E-state index in [0.29, 0.717) is 5.82 Å². The van der Waals surface area contributed by atoms with Crippen LogP contribution >= 0.6 is 0 Å². The smallest absolute Gasteiger partial charge is 0.231 e. The van der Waals surface area contributed by atoms with E-state index in [-0.39, 0.29) is 12.3 Å². The van der Waals surface area contributed by atoms with Crippen molar-refractivity contribution in [2.45, 2.75) is 6.42 Å². The molecule has 2 aromatic rings. The molecule has 0 aliphatic heterocycles. The second-order valence-corrected chi connectivity index (χ2v) is 3.32. The number of amides is 1. The van der Waals surface area contributed by atoms with Gasteiger partial charge in [-0.3, -0.25) is 14.5 Å². The first-order chi connectivity index (χ1) is 7.74. The van der Waals surface area contributed by atoms with Crippen LogP contribution in [-0.4, -0.2) is 25.9 Å². The SMILES string of the molecule is Cn1cc(NC(=O)Cc2ccccn2)nn1. The Morgan fingerprint density at radius 2 is 2.38 bits per heavy atom. The van der Waals surface area contributed by atoms with Crippen molar-refractivity contribution in [3.05, 3.63) is 36.3 Å². The number of nitrogens with zero attached hydrogens (tertiary/aromatic N) is 4. The van der Waals surface area contributed by atoms with Gasteiger partial charge in [-0.15, -0.1) is 5.10 Å². The van der Waals surface area contributed by atoms with Gasteiger partial charge in [0, 0.05) is 18.9 Å². The molecule has 0 unspecified atom stereocenters. The molecular formula is C10H11N5O. The normalized spacial score (nSPS) is 10.1. The lowest BCUT2D eigenvalue weighted by Gasteiger charge is -2.00. The fourth-order valence-corrected chi connectivity index (χ4v) is 1.26. The third-order valence-electron chi connectivity index (χ3n) is 1.94. The molecule has 0 radical (unpaired) electrons. The van der Waals surface area contributed by atoms with E-state index in [4.69, 9.17) is 0 Å². The average Bonchev–Trinajstić information content (AvgIpc) is 2.65. The summed E-state index contributed by atoms with van der Waals surface area (Å²) in [6.45, 7) is 0. The van der Waals surface area contributed by atoms with Gasteiger partial charge in [-0.2, -0.15) is 0 Å². The molecule has 2 heterocycles. The zero-order valence-corrected chi connectivity index (χ0v) is 8.79. The monoisotopic (exact) mass is 217 g/mol. The number of aryl methyl sites for hydroxylation is 1. The Morgan fingerprint density at radius 3 is 3.00 bits per heavy atom. The Hall–Kier alpha value is -2.24. The van der Waals surface area contributed by atoms with Gasteiger partial charge in [-0.1, -0.05) is 11.3 Å². The topological polar surface area (TPSA) is 72.7 Å². The van der Waals surface area contributed by atoms with E-state index in [9.17, 15) is 4.79 Å². The summed E-state index contributed by atoms with van der Waals surface area (Å²) >= 11 is 0. The van der Waals surface area contributed by atoms with E-state index in [1.54, 1.807) is 25.5 Å². The number of hydrogen-bond acceptors (Lipinski definition) is 4. The van der Waals surface area contributed by atoms with Gasteiger partial charge in [0.25, 0.3) is 0 Å². The Bertz CT molecular complexity index is 479. The number of hydrogen-bond donors (Lipinski definition) is 1. The molecule has 16 heavy (non-hydrogen) atoms. The highest BCUT2D eigenvalue weighted by Crippen LogP contribution is 2.01. The maximum Gasteiger partial charge on any atom is 0.231 e. The first-order valence-corrected chi connectivity index (χ1v) is 4.80. The molecule has 0 saturated heterocycles. The number of anilines is 1. The van der Waals surface area contributed by atoms with Crippen LogP contribution in [0, 0.1) is 0 Å². The zero-order chi connectivity index (χ0) is 11.4. The molecule has 0 aliphatic carbocycles. The van der Waals surface area contributed by atoms with Crippen molar-refractivity contribution in [1.29, 1.82) is 0 Å². The molecular weight excluding hydrogens is 206 g/mol. The third-order valence-corrected chi connectivity index (χ3v) is 1.94. The highest BCUT2D eigenvalue weighted by atomic mass is 16.1. The van der Waals surface area contributed by atoms with Crippen LogP contribution in [0.4, 0.5) is 5.82 Å². The lowest BCUT2D eigenvalue weighted by Crippen LogP contribution is -2.15. The first-order valence-electron chi connectivity index (χ1n) is 4.80. The van der Waals surface area contributed by atoms with Gasteiger partial charge >= 0.3 is 0 Å². The Kier molecular flexibility index (Phi) is 2.90. The molecule has 6 heteroatoms. The number of pyridine rings is 1. The largest absolute Gasteiger partial charge is 0.308 e. The second-order valence-electron chi connectivity index (χ2n) is 3.32. The van der Waals surface area contributed by atoms with E-state index in [2.05, 4.69) is 20.6 Å². The van der Waals surface area contributed by atoms with Gasteiger partial charge in [0.2, 0.25) is 5.91 Å². The minimum Gasteiger partial charge on any atom is -0.308 e. The predicted octanol–water partition coefficient (Wildman–Crippen LogP) is 0.391. The minimum absolute atomic E-state index is 0.154. The van der Waals surface area contributed by atoms with E-state index in [1.165, 1.54) is 4.68 Å². The molecule has 1 N–H and O–H groups in total. The number of nitrogens with one attached hydrogen (secondary N) is 1. The standard InChI is InChI=1S/C10H11N5O/c1-15-7-9(13-14-15)12-10(16)6-8-4-2-3-5-11-8/h2-5,7H,6H2,1H3,(H,12,16). The molecule has 0 aromatic carbocycles. The Labute approximate surface area is 92.3 Å². The van der Waals surface area contributed by atoms with Crippen molar-refractivity contribution in [3.8, 4) is 0 Å². The molecule has 0 spiro atoms. The van der Waals surface area contributed by atoms with Crippen LogP contribution in [0.5, 0.6) is 0 Å². The maximum atomic E-state index is 11.6. The van der Waals surface area contributed by atoms with Crippen LogP contribution in [0.15, 0.2) is 30.6 Å². The molecule has 0 fully saturated rings. The zero-order valence-electron chi connectivity index (χ0n) is 8.79.